The highest BCUT2D eigenvalue weighted by molar-refractivity contribution is 7.89. The molecule has 8 heteroatoms. The summed E-state index contributed by atoms with van der Waals surface area (Å²) in [5, 5.41) is 0.714. The molecule has 0 saturated carbocycles. The fourth-order valence-corrected chi connectivity index (χ4v) is 3.41. The van der Waals surface area contributed by atoms with E-state index in [9.17, 15) is 13.2 Å². The van der Waals surface area contributed by atoms with Crippen LogP contribution in [0.1, 0.15) is 16.1 Å². The number of nitrogens with one attached hydrogen (secondary N) is 2. The highest BCUT2D eigenvalue weighted by Gasteiger charge is 2.20. The van der Waals surface area contributed by atoms with Crippen LogP contribution >= 0.6 is 0 Å². The predicted octanol–water partition coefficient (Wildman–Crippen LogP) is 1.51. The first kappa shape index (κ1) is 16.2. The SMILES string of the molecule is Cc1cnc2c(S(=O)(=O)NNC(=O)c3cccn3C)cccc2c1. The second-order valence-corrected chi connectivity index (χ2v) is 7.06. The summed E-state index contributed by atoms with van der Waals surface area (Å²) >= 11 is 0. The van der Waals surface area contributed by atoms with Crippen molar-refractivity contribution < 1.29 is 13.2 Å². The van der Waals surface area contributed by atoms with Gasteiger partial charge in [0.15, 0.2) is 0 Å². The number of nitrogens with zero attached hydrogens (tertiary/aromatic N) is 2. The van der Waals surface area contributed by atoms with Gasteiger partial charge in [0.1, 0.15) is 10.6 Å². The Bertz CT molecular complexity index is 1020. The summed E-state index contributed by atoms with van der Waals surface area (Å²) in [6, 6.07) is 10.0. The number of pyridine rings is 1. The summed E-state index contributed by atoms with van der Waals surface area (Å²) < 4.78 is 26.6. The second kappa shape index (κ2) is 6.06. The largest absolute Gasteiger partial charge is 0.347 e. The fourth-order valence-electron chi connectivity index (χ4n) is 2.39. The average molecular weight is 344 g/mol. The number of carbonyl (C=O) groups excluding carboxylic acids is 1. The first-order valence-corrected chi connectivity index (χ1v) is 8.66. The molecule has 0 aliphatic heterocycles. The number of benzene rings is 1. The molecule has 0 aliphatic rings. The Labute approximate surface area is 139 Å². The van der Waals surface area contributed by atoms with Crippen molar-refractivity contribution in [1.29, 1.82) is 0 Å². The molecule has 3 rings (SSSR count). The minimum absolute atomic E-state index is 0.00665. The maximum atomic E-state index is 12.5. The van der Waals surface area contributed by atoms with Crippen molar-refractivity contribution in [2.75, 3.05) is 0 Å². The maximum Gasteiger partial charge on any atom is 0.282 e. The van der Waals surface area contributed by atoms with Crippen molar-refractivity contribution in [3.63, 3.8) is 0 Å². The van der Waals surface area contributed by atoms with Gasteiger partial charge >= 0.3 is 0 Å². The zero-order valence-corrected chi connectivity index (χ0v) is 14.0. The number of amides is 1. The van der Waals surface area contributed by atoms with Crippen molar-refractivity contribution in [2.45, 2.75) is 11.8 Å². The number of carbonyl (C=O) groups is 1. The van der Waals surface area contributed by atoms with Crippen molar-refractivity contribution in [1.82, 2.24) is 19.8 Å². The van der Waals surface area contributed by atoms with Crippen LogP contribution in [-0.4, -0.2) is 23.9 Å². The third kappa shape index (κ3) is 3.01. The number of aromatic nitrogens is 2. The maximum absolute atomic E-state index is 12.5. The number of sulfonamides is 1. The number of hydrogen-bond donors (Lipinski definition) is 2. The smallest absolute Gasteiger partial charge is 0.282 e. The summed E-state index contributed by atoms with van der Waals surface area (Å²) in [5.41, 5.74) is 3.84. The standard InChI is InChI=1S/C16H16N4O3S/c1-11-9-12-5-3-7-14(15(12)17-10-11)24(22,23)19-18-16(21)13-6-4-8-20(13)2/h3-10,19H,1-2H3,(H,18,21). The van der Waals surface area contributed by atoms with E-state index in [1.54, 1.807) is 48.3 Å². The van der Waals surface area contributed by atoms with E-state index in [4.69, 9.17) is 0 Å². The summed E-state index contributed by atoms with van der Waals surface area (Å²) in [5.74, 6) is -0.546. The van der Waals surface area contributed by atoms with Crippen LogP contribution in [0.3, 0.4) is 0 Å². The van der Waals surface area contributed by atoms with Crippen LogP contribution < -0.4 is 10.3 Å². The van der Waals surface area contributed by atoms with E-state index in [-0.39, 0.29) is 4.90 Å². The molecule has 0 saturated heterocycles. The molecule has 2 aromatic heterocycles. The van der Waals surface area contributed by atoms with Crippen molar-refractivity contribution >= 4 is 26.8 Å². The van der Waals surface area contributed by atoms with Gasteiger partial charge in [-0.1, -0.05) is 12.1 Å². The third-order valence-corrected chi connectivity index (χ3v) is 4.85. The van der Waals surface area contributed by atoms with E-state index in [2.05, 4.69) is 15.2 Å². The molecule has 0 aliphatic carbocycles. The lowest BCUT2D eigenvalue weighted by molar-refractivity contribution is 0.0937. The van der Waals surface area contributed by atoms with Gasteiger partial charge in [0.05, 0.1) is 5.52 Å². The predicted molar refractivity (Wildman–Crippen MR) is 89.7 cm³/mol. The van der Waals surface area contributed by atoms with Crippen molar-refractivity contribution in [3.8, 4) is 0 Å². The normalized spacial score (nSPS) is 11.6. The van der Waals surface area contributed by atoms with Gasteiger partial charge in [0, 0.05) is 24.8 Å². The number of rotatable bonds is 4. The number of fused-ring (bicyclic) bond motifs is 1. The van der Waals surface area contributed by atoms with Gasteiger partial charge in [-0.25, -0.2) is 8.42 Å². The number of hydrazine groups is 1. The van der Waals surface area contributed by atoms with E-state index in [0.29, 0.717) is 16.6 Å². The summed E-state index contributed by atoms with van der Waals surface area (Å²) in [7, 11) is -2.26. The molecular weight excluding hydrogens is 328 g/mol. The molecule has 0 unspecified atom stereocenters. The number of hydrogen-bond acceptors (Lipinski definition) is 4. The molecule has 7 nitrogen and oxygen atoms in total. The molecular formula is C16H16N4O3S. The van der Waals surface area contributed by atoms with Gasteiger partial charge < -0.3 is 4.57 Å². The Morgan fingerprint density at radius 3 is 2.71 bits per heavy atom. The van der Waals surface area contributed by atoms with E-state index in [1.165, 1.54) is 6.07 Å². The van der Waals surface area contributed by atoms with Crippen LogP contribution in [0.2, 0.25) is 0 Å². The molecule has 0 fully saturated rings. The lowest BCUT2D eigenvalue weighted by Crippen LogP contribution is -2.42. The van der Waals surface area contributed by atoms with Gasteiger partial charge in [0.25, 0.3) is 15.9 Å². The van der Waals surface area contributed by atoms with Crippen LogP contribution in [0.5, 0.6) is 0 Å². The molecule has 1 aromatic carbocycles. The quantitative estimate of drug-likeness (QED) is 0.702. The number of para-hydroxylation sites is 1. The van der Waals surface area contributed by atoms with Crippen LogP contribution in [0.25, 0.3) is 10.9 Å². The molecule has 1 amide bonds. The summed E-state index contributed by atoms with van der Waals surface area (Å²) in [6.45, 7) is 1.88. The minimum Gasteiger partial charge on any atom is -0.347 e. The Morgan fingerprint density at radius 1 is 1.21 bits per heavy atom. The van der Waals surface area contributed by atoms with Crippen LogP contribution in [0, 0.1) is 6.92 Å². The minimum atomic E-state index is -3.95. The Hall–Kier alpha value is -2.71. The Balaban J connectivity index is 1.89. The van der Waals surface area contributed by atoms with E-state index in [1.807, 2.05) is 13.0 Å². The van der Waals surface area contributed by atoms with Gasteiger partial charge in [0.2, 0.25) is 0 Å². The van der Waals surface area contributed by atoms with Gasteiger partial charge in [-0.05, 0) is 36.8 Å². The van der Waals surface area contributed by atoms with Gasteiger partial charge in [-0.2, -0.15) is 0 Å². The zero-order chi connectivity index (χ0) is 17.3. The van der Waals surface area contributed by atoms with Crippen LogP contribution in [0.15, 0.2) is 53.7 Å². The van der Waals surface area contributed by atoms with E-state index < -0.39 is 15.9 Å². The molecule has 2 heterocycles. The fraction of sp³-hybridized carbons (Fsp3) is 0.125. The zero-order valence-electron chi connectivity index (χ0n) is 13.1. The molecule has 0 radical (unpaired) electrons. The Kier molecular flexibility index (Phi) is 4.08. The first-order valence-electron chi connectivity index (χ1n) is 7.17. The van der Waals surface area contributed by atoms with Crippen LogP contribution in [0.4, 0.5) is 0 Å². The molecule has 3 aromatic rings. The highest BCUT2D eigenvalue weighted by Crippen LogP contribution is 2.21. The molecule has 0 bridgehead atoms. The van der Waals surface area contributed by atoms with E-state index >= 15 is 0 Å². The molecule has 124 valence electrons. The second-order valence-electron chi connectivity index (χ2n) is 5.40. The lowest BCUT2D eigenvalue weighted by atomic mass is 10.2. The van der Waals surface area contributed by atoms with Gasteiger partial charge in [-0.15, -0.1) is 4.83 Å². The number of aryl methyl sites for hydroxylation is 2. The molecule has 0 spiro atoms. The lowest BCUT2D eigenvalue weighted by Gasteiger charge is -2.10. The van der Waals surface area contributed by atoms with Crippen molar-refractivity contribution in [3.05, 3.63) is 60.0 Å². The van der Waals surface area contributed by atoms with E-state index in [0.717, 1.165) is 5.56 Å². The average Bonchev–Trinajstić information content (AvgIpc) is 2.98. The summed E-state index contributed by atoms with van der Waals surface area (Å²) in [4.78, 5) is 18.4. The highest BCUT2D eigenvalue weighted by atomic mass is 32.2. The molecule has 24 heavy (non-hydrogen) atoms. The van der Waals surface area contributed by atoms with Crippen molar-refractivity contribution in [2.24, 2.45) is 7.05 Å². The molecule has 0 atom stereocenters. The molecule has 2 N–H and O–H groups in total. The topological polar surface area (TPSA) is 93.1 Å². The third-order valence-electron chi connectivity index (χ3n) is 3.58. The first-order chi connectivity index (χ1) is 11.4. The van der Waals surface area contributed by atoms with Crippen LogP contribution in [-0.2, 0) is 17.1 Å². The summed E-state index contributed by atoms with van der Waals surface area (Å²) in [6.07, 6.45) is 3.30. The van der Waals surface area contributed by atoms with Gasteiger partial charge in [-0.3, -0.25) is 15.2 Å². The monoisotopic (exact) mass is 344 g/mol. The Morgan fingerprint density at radius 2 is 2.00 bits per heavy atom.